The van der Waals surface area contributed by atoms with Crippen LogP contribution in [0.15, 0.2) is 59.8 Å². The average Bonchev–Trinajstić information content (AvgIpc) is 3.07. The molecule has 0 aliphatic rings. The zero-order chi connectivity index (χ0) is 17.9. The van der Waals surface area contributed by atoms with E-state index in [4.69, 9.17) is 11.6 Å². The van der Waals surface area contributed by atoms with Crippen molar-refractivity contribution in [3.63, 3.8) is 0 Å². The maximum Gasteiger partial charge on any atom is 0.242 e. The van der Waals surface area contributed by atoms with Crippen LogP contribution in [0.1, 0.15) is 0 Å². The summed E-state index contributed by atoms with van der Waals surface area (Å²) in [5, 5.41) is 17.1. The van der Waals surface area contributed by atoms with Gasteiger partial charge in [0.05, 0.1) is 17.8 Å². The van der Waals surface area contributed by atoms with Crippen molar-refractivity contribution in [1.82, 2.24) is 19.7 Å². The Morgan fingerprint density at radius 1 is 1.16 bits per heavy atom. The van der Waals surface area contributed by atoms with Gasteiger partial charge in [-0.05, 0) is 35.4 Å². The number of phenolic OH excluding ortho intramolecular Hbond substituents is 1. The topological polar surface area (TPSA) is 97.1 Å². The summed E-state index contributed by atoms with van der Waals surface area (Å²) < 4.78 is 28.8. The first-order valence-electron chi connectivity index (χ1n) is 7.38. The van der Waals surface area contributed by atoms with Gasteiger partial charge in [0, 0.05) is 12.7 Å². The third kappa shape index (κ3) is 4.16. The smallest absolute Gasteiger partial charge is 0.242 e. The van der Waals surface area contributed by atoms with Crippen LogP contribution in [-0.4, -0.2) is 35.1 Å². The molecule has 7 nitrogen and oxygen atoms in total. The summed E-state index contributed by atoms with van der Waals surface area (Å²) in [4.78, 5) is -0.00309. The lowest BCUT2D eigenvalue weighted by atomic mass is 10.1. The first-order valence-corrected chi connectivity index (χ1v) is 9.24. The van der Waals surface area contributed by atoms with Crippen LogP contribution in [0.25, 0.3) is 11.1 Å². The number of aromatic nitrogens is 3. The van der Waals surface area contributed by atoms with E-state index in [1.807, 2.05) is 0 Å². The number of phenols is 1. The van der Waals surface area contributed by atoms with E-state index in [2.05, 4.69) is 15.0 Å². The summed E-state index contributed by atoms with van der Waals surface area (Å²) in [6.07, 6.45) is 3.16. The summed E-state index contributed by atoms with van der Waals surface area (Å²) in [6.45, 7) is 0.522. The molecule has 0 unspecified atom stereocenters. The quantitative estimate of drug-likeness (QED) is 0.685. The molecule has 1 heterocycles. The molecule has 3 aromatic rings. The van der Waals surface area contributed by atoms with E-state index in [0.717, 1.165) is 5.56 Å². The number of sulfonamides is 1. The van der Waals surface area contributed by atoms with Crippen molar-refractivity contribution in [2.24, 2.45) is 0 Å². The van der Waals surface area contributed by atoms with Crippen LogP contribution in [0.2, 0.25) is 5.02 Å². The summed E-state index contributed by atoms with van der Waals surface area (Å²) in [5.74, 6) is 0.125. The monoisotopic (exact) mass is 378 g/mol. The summed E-state index contributed by atoms with van der Waals surface area (Å²) in [5.41, 5.74) is 1.45. The van der Waals surface area contributed by atoms with Crippen molar-refractivity contribution >= 4 is 21.6 Å². The number of aromatic hydroxyl groups is 1. The van der Waals surface area contributed by atoms with Gasteiger partial charge in [-0.2, -0.15) is 0 Å². The second-order valence-electron chi connectivity index (χ2n) is 5.26. The van der Waals surface area contributed by atoms with Gasteiger partial charge >= 0.3 is 0 Å². The minimum atomic E-state index is -3.74. The van der Waals surface area contributed by atoms with Gasteiger partial charge in [-0.25, -0.2) is 13.1 Å². The molecule has 0 aliphatic carbocycles. The highest BCUT2D eigenvalue weighted by Gasteiger charge is 2.18. The minimum Gasteiger partial charge on any atom is -0.508 e. The molecule has 0 spiro atoms. The number of hydrogen-bond donors (Lipinski definition) is 2. The fraction of sp³-hybridized carbons (Fsp3) is 0.125. The number of halogens is 1. The zero-order valence-corrected chi connectivity index (χ0v) is 14.6. The fourth-order valence-corrected chi connectivity index (χ4v) is 3.87. The molecule has 130 valence electrons. The Morgan fingerprint density at radius 2 is 1.96 bits per heavy atom. The molecular formula is C16H15ClN4O3S. The molecule has 0 fully saturated rings. The SMILES string of the molecule is O=S(=O)(NCCn1ccnn1)c1ccc(-c2cccc(O)c2)cc1Cl. The molecule has 1 aromatic heterocycles. The number of benzene rings is 2. The van der Waals surface area contributed by atoms with Crippen LogP contribution in [0.5, 0.6) is 5.75 Å². The first-order chi connectivity index (χ1) is 12.0. The van der Waals surface area contributed by atoms with Gasteiger partial charge in [0.15, 0.2) is 0 Å². The van der Waals surface area contributed by atoms with Gasteiger partial charge in [-0.3, -0.25) is 4.68 Å². The predicted octanol–water partition coefficient (Wildman–Crippen LogP) is 2.28. The van der Waals surface area contributed by atoms with Gasteiger partial charge in [0.1, 0.15) is 10.6 Å². The molecule has 2 aromatic carbocycles. The lowest BCUT2D eigenvalue weighted by Gasteiger charge is -2.10. The van der Waals surface area contributed by atoms with Crippen molar-refractivity contribution in [2.45, 2.75) is 11.4 Å². The van der Waals surface area contributed by atoms with Crippen molar-refractivity contribution in [3.8, 4) is 16.9 Å². The van der Waals surface area contributed by atoms with E-state index < -0.39 is 10.0 Å². The molecule has 0 amide bonds. The third-order valence-corrected chi connectivity index (χ3v) is 5.45. The van der Waals surface area contributed by atoms with E-state index in [1.165, 1.54) is 16.9 Å². The van der Waals surface area contributed by atoms with E-state index in [9.17, 15) is 13.5 Å². The van der Waals surface area contributed by atoms with E-state index in [-0.39, 0.29) is 22.2 Å². The Hall–Kier alpha value is -2.42. The van der Waals surface area contributed by atoms with Gasteiger partial charge in [-0.1, -0.05) is 35.0 Å². The van der Waals surface area contributed by atoms with E-state index in [1.54, 1.807) is 42.6 Å². The summed E-state index contributed by atoms with van der Waals surface area (Å²) in [6, 6.07) is 11.3. The number of hydrogen-bond acceptors (Lipinski definition) is 5. The Labute approximate surface area is 149 Å². The second-order valence-corrected chi connectivity index (χ2v) is 7.40. The lowest BCUT2D eigenvalue weighted by Crippen LogP contribution is -2.27. The fourth-order valence-electron chi connectivity index (χ4n) is 2.31. The Balaban J connectivity index is 1.77. The molecule has 9 heteroatoms. The Kier molecular flexibility index (Phi) is 5.03. The van der Waals surface area contributed by atoms with Crippen molar-refractivity contribution < 1.29 is 13.5 Å². The van der Waals surface area contributed by atoms with Crippen molar-refractivity contribution in [3.05, 3.63) is 59.9 Å². The largest absolute Gasteiger partial charge is 0.508 e. The van der Waals surface area contributed by atoms with Gasteiger partial charge in [0.25, 0.3) is 0 Å². The molecule has 0 atom stereocenters. The molecule has 0 saturated carbocycles. The highest BCUT2D eigenvalue weighted by Crippen LogP contribution is 2.29. The molecule has 0 saturated heterocycles. The molecule has 25 heavy (non-hydrogen) atoms. The average molecular weight is 379 g/mol. The Morgan fingerprint density at radius 3 is 2.64 bits per heavy atom. The van der Waals surface area contributed by atoms with Crippen molar-refractivity contribution in [2.75, 3.05) is 6.54 Å². The second kappa shape index (κ2) is 7.22. The maximum absolute atomic E-state index is 12.4. The number of rotatable bonds is 6. The molecule has 2 N–H and O–H groups in total. The summed E-state index contributed by atoms with van der Waals surface area (Å²) in [7, 11) is -3.74. The van der Waals surface area contributed by atoms with Crippen LogP contribution in [0.4, 0.5) is 0 Å². The van der Waals surface area contributed by atoms with Crippen LogP contribution in [0, 0.1) is 0 Å². The number of nitrogens with zero attached hydrogens (tertiary/aromatic N) is 3. The van der Waals surface area contributed by atoms with E-state index >= 15 is 0 Å². The molecule has 0 bridgehead atoms. The highest BCUT2D eigenvalue weighted by atomic mass is 35.5. The molecule has 3 rings (SSSR count). The standard InChI is InChI=1S/C16H15ClN4O3S/c17-15-11-13(12-2-1-3-14(22)10-12)4-5-16(15)25(23,24)19-7-9-21-8-6-18-20-21/h1-6,8,10-11,19,22H,7,9H2. The Bertz CT molecular complexity index is 975. The van der Waals surface area contributed by atoms with Crippen LogP contribution < -0.4 is 4.72 Å². The normalized spacial score (nSPS) is 11.6. The highest BCUT2D eigenvalue weighted by molar-refractivity contribution is 7.89. The van der Waals surface area contributed by atoms with Gasteiger partial charge in [0.2, 0.25) is 10.0 Å². The van der Waals surface area contributed by atoms with Crippen LogP contribution >= 0.6 is 11.6 Å². The molecule has 0 aliphatic heterocycles. The van der Waals surface area contributed by atoms with Crippen molar-refractivity contribution in [1.29, 1.82) is 0 Å². The minimum absolute atomic E-state index is 0.00309. The van der Waals surface area contributed by atoms with E-state index in [0.29, 0.717) is 12.1 Å². The third-order valence-electron chi connectivity index (χ3n) is 3.51. The molecule has 0 radical (unpaired) electrons. The van der Waals surface area contributed by atoms with Gasteiger partial charge < -0.3 is 5.11 Å². The van der Waals surface area contributed by atoms with Crippen LogP contribution in [0.3, 0.4) is 0 Å². The summed E-state index contributed by atoms with van der Waals surface area (Å²) >= 11 is 6.17. The predicted molar refractivity (Wildman–Crippen MR) is 93.8 cm³/mol. The molecular weight excluding hydrogens is 364 g/mol. The van der Waals surface area contributed by atoms with Crippen LogP contribution in [-0.2, 0) is 16.6 Å². The zero-order valence-electron chi connectivity index (χ0n) is 13.0. The van der Waals surface area contributed by atoms with Gasteiger partial charge in [-0.15, -0.1) is 5.10 Å². The maximum atomic E-state index is 12.4. The first kappa shape index (κ1) is 17.4. The lowest BCUT2D eigenvalue weighted by molar-refractivity contribution is 0.475. The number of nitrogens with one attached hydrogen (secondary N) is 1.